The molecule has 1 heterocycles. The number of hydrogen-bond donors (Lipinski definition) is 4. The second-order valence-corrected chi connectivity index (χ2v) is 4.45. The first-order chi connectivity index (χ1) is 7.75. The average molecular weight is 396 g/mol. The van der Waals surface area contributed by atoms with Crippen molar-refractivity contribution in [3.8, 4) is 0 Å². The first-order valence-corrected chi connectivity index (χ1v) is 5.92. The molecule has 10 heteroatoms. The van der Waals surface area contributed by atoms with E-state index >= 15 is 0 Å². The summed E-state index contributed by atoms with van der Waals surface area (Å²) in [5.41, 5.74) is 1.10. The van der Waals surface area contributed by atoms with Crippen LogP contribution in [0, 0.1) is 0 Å². The first kappa shape index (κ1) is 33.1. The maximum Gasteiger partial charge on any atom is 0.0489 e. The zero-order chi connectivity index (χ0) is 11.4. The molecule has 0 spiro atoms. The molecule has 2 aromatic rings. The zero-order valence-corrected chi connectivity index (χ0v) is 15.5. The summed E-state index contributed by atoms with van der Waals surface area (Å²) in [5.74, 6) is 0. The summed E-state index contributed by atoms with van der Waals surface area (Å²) in [7, 11) is 0. The van der Waals surface area contributed by atoms with Gasteiger partial charge in [-0.05, 0) is 42.7 Å². The SMILES string of the molecule is Cl.Cl.Clc1ccc(Cl)c(CCCn2cccn2)c1.N.N.N.N. The van der Waals surface area contributed by atoms with Crippen LogP contribution >= 0.6 is 48.0 Å². The standard InChI is InChI=1S/C12H12Cl2N2.2ClH.4H3N/c13-11-4-5-12(14)10(9-11)3-1-7-16-8-2-6-15-16;;;;;;/h2,4-6,8-9H,1,3,7H2;2*1H;4*1H3. The summed E-state index contributed by atoms with van der Waals surface area (Å²) in [6, 6.07) is 7.49. The van der Waals surface area contributed by atoms with Gasteiger partial charge in [0.05, 0.1) is 0 Å². The van der Waals surface area contributed by atoms with E-state index in [-0.39, 0.29) is 49.4 Å². The third kappa shape index (κ3) is 10.2. The highest BCUT2D eigenvalue weighted by molar-refractivity contribution is 6.33. The lowest BCUT2D eigenvalue weighted by Gasteiger charge is -2.05. The van der Waals surface area contributed by atoms with E-state index in [4.69, 9.17) is 23.2 Å². The molecule has 22 heavy (non-hydrogen) atoms. The highest BCUT2D eigenvalue weighted by Crippen LogP contribution is 2.21. The van der Waals surface area contributed by atoms with Crippen LogP contribution in [0.3, 0.4) is 0 Å². The van der Waals surface area contributed by atoms with Crippen LogP contribution in [0.15, 0.2) is 36.7 Å². The van der Waals surface area contributed by atoms with Crippen molar-refractivity contribution in [2.45, 2.75) is 19.4 Å². The van der Waals surface area contributed by atoms with E-state index in [0.717, 1.165) is 35.0 Å². The average Bonchev–Trinajstić information content (AvgIpc) is 2.76. The van der Waals surface area contributed by atoms with E-state index < -0.39 is 0 Å². The Labute approximate surface area is 154 Å². The number of aromatic nitrogens is 2. The van der Waals surface area contributed by atoms with Crippen LogP contribution in [-0.2, 0) is 13.0 Å². The topological polar surface area (TPSA) is 158 Å². The lowest BCUT2D eigenvalue weighted by atomic mass is 10.1. The quantitative estimate of drug-likeness (QED) is 0.550. The van der Waals surface area contributed by atoms with E-state index in [9.17, 15) is 0 Å². The van der Waals surface area contributed by atoms with Gasteiger partial charge in [-0.1, -0.05) is 23.2 Å². The third-order valence-corrected chi connectivity index (χ3v) is 3.00. The second kappa shape index (κ2) is 16.8. The van der Waals surface area contributed by atoms with Gasteiger partial charge in [0, 0.05) is 29.0 Å². The number of hydrogen-bond acceptors (Lipinski definition) is 5. The number of nitrogens with zero attached hydrogens (tertiary/aromatic N) is 2. The molecule has 1 aromatic carbocycles. The van der Waals surface area contributed by atoms with Gasteiger partial charge in [-0.15, -0.1) is 24.8 Å². The minimum absolute atomic E-state index is 0. The molecule has 0 saturated carbocycles. The Bertz CT molecular complexity index is 467. The number of rotatable bonds is 4. The predicted molar refractivity (Wildman–Crippen MR) is 102 cm³/mol. The molecule has 0 unspecified atom stereocenters. The van der Waals surface area contributed by atoms with Crippen molar-refractivity contribution in [1.82, 2.24) is 34.4 Å². The van der Waals surface area contributed by atoms with E-state index in [0.29, 0.717) is 0 Å². The van der Waals surface area contributed by atoms with Crippen LogP contribution in [-0.4, -0.2) is 9.78 Å². The van der Waals surface area contributed by atoms with E-state index in [1.807, 2.05) is 29.1 Å². The van der Waals surface area contributed by atoms with Gasteiger partial charge in [0.1, 0.15) is 0 Å². The van der Waals surface area contributed by atoms with Gasteiger partial charge in [-0.2, -0.15) is 5.10 Å². The minimum atomic E-state index is 0. The molecule has 0 saturated heterocycles. The fourth-order valence-corrected chi connectivity index (χ4v) is 2.01. The van der Waals surface area contributed by atoms with Gasteiger partial charge in [0.2, 0.25) is 0 Å². The van der Waals surface area contributed by atoms with Gasteiger partial charge in [-0.3, -0.25) is 4.68 Å². The maximum absolute atomic E-state index is 6.08. The van der Waals surface area contributed by atoms with Gasteiger partial charge in [0.25, 0.3) is 0 Å². The van der Waals surface area contributed by atoms with Gasteiger partial charge in [0.15, 0.2) is 0 Å². The summed E-state index contributed by atoms with van der Waals surface area (Å²) in [5, 5.41) is 5.66. The Kier molecular flexibility index (Phi) is 25.3. The molecule has 12 N–H and O–H groups in total. The van der Waals surface area contributed by atoms with E-state index in [2.05, 4.69) is 5.10 Å². The summed E-state index contributed by atoms with van der Waals surface area (Å²) < 4.78 is 1.92. The molecule has 0 atom stereocenters. The van der Waals surface area contributed by atoms with Gasteiger partial charge >= 0.3 is 0 Å². The molecule has 2 rings (SSSR count). The molecule has 0 bridgehead atoms. The largest absolute Gasteiger partial charge is 0.344 e. The number of halogens is 4. The second-order valence-electron chi connectivity index (χ2n) is 3.61. The molecule has 6 nitrogen and oxygen atoms in total. The zero-order valence-electron chi connectivity index (χ0n) is 12.4. The van der Waals surface area contributed by atoms with Crippen LogP contribution < -0.4 is 24.6 Å². The highest BCUT2D eigenvalue weighted by atomic mass is 35.5. The van der Waals surface area contributed by atoms with Crippen molar-refractivity contribution in [3.63, 3.8) is 0 Å². The Morgan fingerprint density at radius 1 is 1.00 bits per heavy atom. The number of aryl methyl sites for hydroxylation is 2. The van der Waals surface area contributed by atoms with Crippen molar-refractivity contribution in [1.29, 1.82) is 0 Å². The van der Waals surface area contributed by atoms with E-state index in [1.54, 1.807) is 12.3 Å². The van der Waals surface area contributed by atoms with Gasteiger partial charge in [-0.25, -0.2) is 0 Å². The summed E-state index contributed by atoms with van der Waals surface area (Å²) in [6.45, 7) is 0.899. The summed E-state index contributed by atoms with van der Waals surface area (Å²) in [6.07, 6.45) is 5.66. The van der Waals surface area contributed by atoms with Crippen molar-refractivity contribution in [2.75, 3.05) is 0 Å². The molecule has 0 aliphatic heterocycles. The molecule has 0 amide bonds. The van der Waals surface area contributed by atoms with Gasteiger partial charge < -0.3 is 24.6 Å². The van der Waals surface area contributed by atoms with Crippen molar-refractivity contribution < 1.29 is 0 Å². The lowest BCUT2D eigenvalue weighted by Crippen LogP contribution is -2.00. The van der Waals surface area contributed by atoms with Crippen LogP contribution in [0.4, 0.5) is 0 Å². The van der Waals surface area contributed by atoms with Crippen LogP contribution in [0.2, 0.25) is 10.0 Å². The Balaban J connectivity index is -0.000000161. The molecule has 0 radical (unpaired) electrons. The smallest absolute Gasteiger partial charge is 0.0489 e. The molecule has 1 aromatic heterocycles. The third-order valence-electron chi connectivity index (χ3n) is 2.40. The molecule has 132 valence electrons. The van der Waals surface area contributed by atoms with Crippen LogP contribution in [0.5, 0.6) is 0 Å². The molecule has 0 aliphatic rings. The van der Waals surface area contributed by atoms with Crippen molar-refractivity contribution >= 4 is 48.0 Å². The molecular formula is C12H26Cl4N6. The Morgan fingerprint density at radius 3 is 2.18 bits per heavy atom. The predicted octanol–water partition coefficient (Wildman–Crippen LogP) is 5.31. The Hall–Kier alpha value is -0.570. The van der Waals surface area contributed by atoms with Crippen molar-refractivity contribution in [2.24, 2.45) is 0 Å². The minimum Gasteiger partial charge on any atom is -0.344 e. The molecular weight excluding hydrogens is 370 g/mol. The number of benzene rings is 1. The first-order valence-electron chi connectivity index (χ1n) is 5.17. The maximum atomic E-state index is 6.08. The van der Waals surface area contributed by atoms with Crippen LogP contribution in [0.1, 0.15) is 12.0 Å². The summed E-state index contributed by atoms with van der Waals surface area (Å²) in [4.78, 5) is 0. The monoisotopic (exact) mass is 394 g/mol. The Morgan fingerprint density at radius 2 is 1.64 bits per heavy atom. The fraction of sp³-hybridized carbons (Fsp3) is 0.250. The normalized spacial score (nSPS) is 7.73. The lowest BCUT2D eigenvalue weighted by molar-refractivity contribution is 0.579. The molecule has 0 aliphatic carbocycles. The highest BCUT2D eigenvalue weighted by Gasteiger charge is 2.01. The van der Waals surface area contributed by atoms with E-state index in [1.165, 1.54) is 0 Å². The molecule has 0 fully saturated rings. The summed E-state index contributed by atoms with van der Waals surface area (Å²) >= 11 is 12.0. The van der Waals surface area contributed by atoms with Crippen LogP contribution in [0.25, 0.3) is 0 Å². The fourth-order valence-electron chi connectivity index (χ4n) is 1.60. The van der Waals surface area contributed by atoms with Crippen molar-refractivity contribution in [3.05, 3.63) is 52.3 Å².